The van der Waals surface area contributed by atoms with E-state index in [4.69, 9.17) is 0 Å². The fourth-order valence-corrected chi connectivity index (χ4v) is 4.11. The largest absolute Gasteiger partial charge is 0.334 e. The van der Waals surface area contributed by atoms with Gasteiger partial charge in [-0.1, -0.05) is 17.4 Å². The smallest absolute Gasteiger partial charge is 0.321 e. The number of urea groups is 1. The summed E-state index contributed by atoms with van der Waals surface area (Å²) >= 11 is 1.31. The summed E-state index contributed by atoms with van der Waals surface area (Å²) in [6.45, 7) is 6.29. The van der Waals surface area contributed by atoms with E-state index in [1.165, 1.54) is 15.6 Å². The molecule has 2 amide bonds. The molecule has 0 bridgehead atoms. The Morgan fingerprint density at radius 3 is 3.00 bits per heavy atom. The van der Waals surface area contributed by atoms with Crippen LogP contribution in [0.25, 0.3) is 0 Å². The Balaban J connectivity index is 2.06. The van der Waals surface area contributed by atoms with Crippen LogP contribution >= 0.6 is 11.3 Å². The number of nitrogens with zero attached hydrogens (tertiary/aromatic N) is 2. The predicted octanol–water partition coefficient (Wildman–Crippen LogP) is 1.16. The van der Waals surface area contributed by atoms with Gasteiger partial charge in [0.05, 0.1) is 11.4 Å². The third-order valence-corrected chi connectivity index (χ3v) is 5.91. The number of hydrogen-bond donors (Lipinski definition) is 2. The quantitative estimate of drug-likeness (QED) is 0.793. The van der Waals surface area contributed by atoms with Crippen molar-refractivity contribution in [2.75, 3.05) is 24.2 Å². The van der Waals surface area contributed by atoms with E-state index in [1.807, 2.05) is 0 Å². The molecule has 0 unspecified atom stereocenters. The third kappa shape index (κ3) is 3.80. The van der Waals surface area contributed by atoms with Crippen molar-refractivity contribution >= 4 is 32.5 Å². The molecule has 7 nitrogen and oxygen atoms in total. The highest BCUT2D eigenvalue weighted by Crippen LogP contribution is 2.29. The maximum absolute atomic E-state index is 11.9. The van der Waals surface area contributed by atoms with Gasteiger partial charge in [-0.3, -0.25) is 5.32 Å². The third-order valence-electron chi connectivity index (χ3n) is 3.08. The minimum absolute atomic E-state index is 0.0935. The second-order valence-corrected chi connectivity index (χ2v) is 7.84. The molecule has 0 atom stereocenters. The Labute approximate surface area is 128 Å². The van der Waals surface area contributed by atoms with Gasteiger partial charge in [0.25, 0.3) is 0 Å². The summed E-state index contributed by atoms with van der Waals surface area (Å²) in [5.74, 6) is 0.0935. The first-order valence-corrected chi connectivity index (χ1v) is 9.01. The van der Waals surface area contributed by atoms with E-state index in [-0.39, 0.29) is 11.8 Å². The van der Waals surface area contributed by atoms with E-state index in [0.717, 1.165) is 10.6 Å². The lowest BCUT2D eigenvalue weighted by Gasteiger charge is -2.24. The number of sulfonamides is 1. The van der Waals surface area contributed by atoms with E-state index in [0.29, 0.717) is 31.2 Å². The van der Waals surface area contributed by atoms with Gasteiger partial charge in [-0.25, -0.2) is 18.2 Å². The molecular weight excluding hydrogens is 312 g/mol. The van der Waals surface area contributed by atoms with Crippen LogP contribution in [0, 0.1) is 0 Å². The molecule has 2 heterocycles. The van der Waals surface area contributed by atoms with Gasteiger partial charge in [-0.15, -0.1) is 6.58 Å². The second-order valence-electron chi connectivity index (χ2n) is 4.50. The summed E-state index contributed by atoms with van der Waals surface area (Å²) in [7, 11) is -3.19. The lowest BCUT2D eigenvalue weighted by atomic mass is 10.2. The number of rotatable bonds is 5. The summed E-state index contributed by atoms with van der Waals surface area (Å²) in [6, 6.07) is -0.348. The van der Waals surface area contributed by atoms with Crippen LogP contribution in [0.4, 0.5) is 9.93 Å². The van der Waals surface area contributed by atoms with Gasteiger partial charge in [0.1, 0.15) is 0 Å². The predicted molar refractivity (Wildman–Crippen MR) is 82.9 cm³/mol. The normalized spacial score (nSPS) is 15.3. The number of carbonyl (C=O) groups is 1. The molecule has 2 rings (SSSR count). The van der Waals surface area contributed by atoms with Crippen LogP contribution in [0.5, 0.6) is 0 Å². The fraction of sp³-hybridized carbons (Fsp3) is 0.500. The standard InChI is InChI=1S/C12H18N4O3S2/c1-3-6-13-11(17)15-12-14-9-5-7-16(8-10(9)20-12)21(18,19)4-2/h3H,1,4-8H2,2H3,(H2,13,14,15,17). The molecule has 21 heavy (non-hydrogen) atoms. The van der Waals surface area contributed by atoms with Crippen LogP contribution in [0.15, 0.2) is 12.7 Å². The summed E-state index contributed by atoms with van der Waals surface area (Å²) in [5.41, 5.74) is 0.863. The molecule has 0 fully saturated rings. The molecule has 9 heteroatoms. The van der Waals surface area contributed by atoms with Gasteiger partial charge in [0, 0.05) is 30.9 Å². The van der Waals surface area contributed by atoms with E-state index in [1.54, 1.807) is 13.0 Å². The molecule has 2 N–H and O–H groups in total. The van der Waals surface area contributed by atoms with Crippen molar-refractivity contribution in [2.45, 2.75) is 19.9 Å². The van der Waals surface area contributed by atoms with Gasteiger partial charge < -0.3 is 5.32 Å². The van der Waals surface area contributed by atoms with Crippen LogP contribution < -0.4 is 10.6 Å². The van der Waals surface area contributed by atoms with E-state index in [2.05, 4.69) is 22.2 Å². The first-order valence-electron chi connectivity index (χ1n) is 6.58. The minimum atomic E-state index is -3.19. The first-order chi connectivity index (χ1) is 9.96. The van der Waals surface area contributed by atoms with Crippen molar-refractivity contribution in [3.8, 4) is 0 Å². The minimum Gasteiger partial charge on any atom is -0.334 e. The monoisotopic (exact) mass is 330 g/mol. The highest BCUT2D eigenvalue weighted by Gasteiger charge is 2.28. The lowest BCUT2D eigenvalue weighted by Crippen LogP contribution is -2.36. The fourth-order valence-electron chi connectivity index (χ4n) is 1.95. The van der Waals surface area contributed by atoms with E-state index in [9.17, 15) is 13.2 Å². The van der Waals surface area contributed by atoms with Crippen molar-refractivity contribution in [3.05, 3.63) is 23.2 Å². The Morgan fingerprint density at radius 2 is 2.33 bits per heavy atom. The molecule has 1 aliphatic heterocycles. The maximum atomic E-state index is 11.9. The van der Waals surface area contributed by atoms with Crippen molar-refractivity contribution in [2.24, 2.45) is 0 Å². The number of aromatic nitrogens is 1. The van der Waals surface area contributed by atoms with Crippen molar-refractivity contribution < 1.29 is 13.2 Å². The number of anilines is 1. The highest BCUT2D eigenvalue weighted by molar-refractivity contribution is 7.89. The SMILES string of the molecule is C=CCNC(=O)Nc1nc2c(s1)CN(S(=O)(=O)CC)CC2. The number of carbonyl (C=O) groups excluding carboxylic acids is 1. The number of thiazole rings is 1. The average molecular weight is 330 g/mol. The van der Waals surface area contributed by atoms with Crippen molar-refractivity contribution in [1.82, 2.24) is 14.6 Å². The lowest BCUT2D eigenvalue weighted by molar-refractivity contribution is 0.253. The number of nitrogens with one attached hydrogen (secondary N) is 2. The van der Waals surface area contributed by atoms with Crippen LogP contribution in [-0.4, -0.2) is 42.6 Å². The van der Waals surface area contributed by atoms with Crippen LogP contribution in [0.1, 0.15) is 17.5 Å². The topological polar surface area (TPSA) is 91.4 Å². The van der Waals surface area contributed by atoms with Gasteiger partial charge in [0.15, 0.2) is 5.13 Å². The van der Waals surface area contributed by atoms with Crippen LogP contribution in [0.2, 0.25) is 0 Å². The number of fused-ring (bicyclic) bond motifs is 1. The summed E-state index contributed by atoms with van der Waals surface area (Å²) in [6.07, 6.45) is 2.15. The van der Waals surface area contributed by atoms with Gasteiger partial charge in [-0.05, 0) is 6.92 Å². The van der Waals surface area contributed by atoms with Crippen molar-refractivity contribution in [1.29, 1.82) is 0 Å². The van der Waals surface area contributed by atoms with Crippen molar-refractivity contribution in [3.63, 3.8) is 0 Å². The summed E-state index contributed by atoms with van der Waals surface area (Å²) in [5, 5.41) is 5.72. The Hall–Kier alpha value is -1.45. The molecule has 0 spiro atoms. The summed E-state index contributed by atoms with van der Waals surface area (Å²) in [4.78, 5) is 16.8. The van der Waals surface area contributed by atoms with E-state index < -0.39 is 10.0 Å². The van der Waals surface area contributed by atoms with Gasteiger partial charge >= 0.3 is 6.03 Å². The molecule has 0 radical (unpaired) electrons. The molecular formula is C12H18N4O3S2. The van der Waals surface area contributed by atoms with Gasteiger partial charge in [0.2, 0.25) is 10.0 Å². The molecule has 116 valence electrons. The zero-order chi connectivity index (χ0) is 15.5. The zero-order valence-corrected chi connectivity index (χ0v) is 13.4. The van der Waals surface area contributed by atoms with Crippen LogP contribution in [-0.2, 0) is 23.0 Å². The Kier molecular flexibility index (Phi) is 4.96. The molecule has 0 saturated carbocycles. The second kappa shape index (κ2) is 6.54. The maximum Gasteiger partial charge on any atom is 0.321 e. The molecule has 1 aromatic heterocycles. The zero-order valence-electron chi connectivity index (χ0n) is 11.8. The summed E-state index contributed by atoms with van der Waals surface area (Å²) < 4.78 is 25.2. The Morgan fingerprint density at radius 1 is 1.57 bits per heavy atom. The average Bonchev–Trinajstić information content (AvgIpc) is 2.86. The Bertz CT molecular complexity index is 639. The molecule has 0 saturated heterocycles. The number of hydrogen-bond acceptors (Lipinski definition) is 5. The highest BCUT2D eigenvalue weighted by atomic mass is 32.2. The first kappa shape index (κ1) is 15.9. The van der Waals surface area contributed by atoms with Gasteiger partial charge in [-0.2, -0.15) is 4.31 Å². The molecule has 0 aromatic carbocycles. The molecule has 1 aromatic rings. The molecule has 0 aliphatic carbocycles. The van der Waals surface area contributed by atoms with Crippen LogP contribution in [0.3, 0.4) is 0 Å². The number of amides is 2. The molecule has 1 aliphatic rings. The van der Waals surface area contributed by atoms with E-state index >= 15 is 0 Å².